The van der Waals surface area contributed by atoms with Gasteiger partial charge in [-0.2, -0.15) is 0 Å². The molecule has 2 bridgehead atoms. The van der Waals surface area contributed by atoms with Crippen LogP contribution in [0.3, 0.4) is 0 Å². The van der Waals surface area contributed by atoms with Crippen LogP contribution in [0.2, 0.25) is 0 Å². The molecule has 0 spiro atoms. The topological polar surface area (TPSA) is 12.0 Å². The Bertz CT molecular complexity index is 422. The van der Waals surface area contributed by atoms with Crippen LogP contribution >= 0.6 is 0 Å². The second kappa shape index (κ2) is 6.30. The van der Waals surface area contributed by atoms with Gasteiger partial charge in [-0.1, -0.05) is 51.0 Å². The van der Waals surface area contributed by atoms with Crippen molar-refractivity contribution in [2.45, 2.75) is 58.4 Å². The lowest BCUT2D eigenvalue weighted by atomic mass is 9.80. The molecule has 3 rings (SSSR count). The fourth-order valence-corrected chi connectivity index (χ4v) is 4.62. The first-order chi connectivity index (χ1) is 9.81. The van der Waals surface area contributed by atoms with Crippen LogP contribution in [-0.2, 0) is 6.42 Å². The van der Waals surface area contributed by atoms with E-state index in [0.29, 0.717) is 6.04 Å². The van der Waals surface area contributed by atoms with Crippen molar-refractivity contribution in [2.75, 3.05) is 6.54 Å². The summed E-state index contributed by atoms with van der Waals surface area (Å²) in [5.41, 5.74) is 3.00. The molecular weight excluding hydrogens is 242 g/mol. The maximum absolute atomic E-state index is 3.78. The summed E-state index contributed by atoms with van der Waals surface area (Å²) < 4.78 is 0. The Hall–Kier alpha value is -0.820. The third kappa shape index (κ3) is 2.79. The molecule has 4 unspecified atom stereocenters. The number of hydrogen-bond acceptors (Lipinski definition) is 1. The number of benzene rings is 1. The zero-order chi connectivity index (χ0) is 13.9. The molecule has 1 aromatic carbocycles. The third-order valence-corrected chi connectivity index (χ3v) is 5.52. The molecule has 2 saturated carbocycles. The van der Waals surface area contributed by atoms with Crippen LogP contribution in [0.1, 0.15) is 63.1 Å². The number of nitrogens with one attached hydrogen (secondary N) is 1. The molecule has 0 heterocycles. The molecule has 110 valence electrons. The van der Waals surface area contributed by atoms with Crippen molar-refractivity contribution in [3.63, 3.8) is 0 Å². The highest BCUT2D eigenvalue weighted by atomic mass is 14.9. The molecule has 1 heteroatoms. The predicted molar refractivity (Wildman–Crippen MR) is 85.8 cm³/mol. The molecule has 2 aliphatic carbocycles. The molecular formula is C19H29N. The molecule has 0 aliphatic heterocycles. The van der Waals surface area contributed by atoms with Gasteiger partial charge in [0.05, 0.1) is 0 Å². The van der Waals surface area contributed by atoms with Gasteiger partial charge < -0.3 is 5.32 Å². The first-order valence-corrected chi connectivity index (χ1v) is 8.64. The summed E-state index contributed by atoms with van der Waals surface area (Å²) in [4.78, 5) is 0. The Morgan fingerprint density at radius 1 is 1.10 bits per heavy atom. The molecule has 4 atom stereocenters. The minimum atomic E-state index is 0.589. The Kier molecular flexibility index (Phi) is 4.45. The van der Waals surface area contributed by atoms with E-state index in [2.05, 4.69) is 43.4 Å². The first-order valence-electron chi connectivity index (χ1n) is 8.64. The Morgan fingerprint density at radius 2 is 1.90 bits per heavy atom. The van der Waals surface area contributed by atoms with Crippen molar-refractivity contribution >= 4 is 0 Å². The Labute approximate surface area is 124 Å². The van der Waals surface area contributed by atoms with Crippen molar-refractivity contribution in [1.82, 2.24) is 5.32 Å². The first kappa shape index (κ1) is 14.1. The van der Waals surface area contributed by atoms with E-state index in [1.54, 1.807) is 0 Å². The van der Waals surface area contributed by atoms with Crippen molar-refractivity contribution in [2.24, 2.45) is 17.8 Å². The molecule has 1 aromatic rings. The Balaban J connectivity index is 1.76. The molecule has 20 heavy (non-hydrogen) atoms. The van der Waals surface area contributed by atoms with Gasteiger partial charge in [0.15, 0.2) is 0 Å². The standard InChI is InChI=1S/C19H29N/c1-3-5-14-6-9-16(10-7-14)19(20-4-2)18-13-15-8-11-17(18)12-15/h6-7,9-10,15,17-20H,3-5,8,11-13H2,1-2H3. The fraction of sp³-hybridized carbons (Fsp3) is 0.684. The molecule has 1 nitrogen and oxygen atoms in total. The number of rotatable bonds is 6. The quantitative estimate of drug-likeness (QED) is 0.789. The molecule has 1 N–H and O–H groups in total. The van der Waals surface area contributed by atoms with E-state index in [0.717, 1.165) is 24.3 Å². The minimum Gasteiger partial charge on any atom is -0.310 e. The maximum Gasteiger partial charge on any atom is 0.0351 e. The lowest BCUT2D eigenvalue weighted by Gasteiger charge is -2.31. The summed E-state index contributed by atoms with van der Waals surface area (Å²) in [6.07, 6.45) is 8.38. The number of aryl methyl sites for hydroxylation is 1. The lowest BCUT2D eigenvalue weighted by Crippen LogP contribution is -2.31. The molecule has 2 fully saturated rings. The summed E-state index contributed by atoms with van der Waals surface area (Å²) in [5, 5.41) is 3.78. The van der Waals surface area contributed by atoms with E-state index < -0.39 is 0 Å². The normalized spacial score (nSPS) is 29.8. The van der Waals surface area contributed by atoms with Crippen LogP contribution in [0, 0.1) is 17.8 Å². The van der Waals surface area contributed by atoms with Crippen molar-refractivity contribution in [3.8, 4) is 0 Å². The van der Waals surface area contributed by atoms with Gasteiger partial charge in [0, 0.05) is 6.04 Å². The minimum absolute atomic E-state index is 0.589. The number of hydrogen-bond donors (Lipinski definition) is 1. The smallest absolute Gasteiger partial charge is 0.0351 e. The van der Waals surface area contributed by atoms with Gasteiger partial charge in [-0.05, 0) is 61.1 Å². The van der Waals surface area contributed by atoms with Crippen LogP contribution in [0.15, 0.2) is 24.3 Å². The SMILES string of the molecule is CCCc1ccc(C(NCC)C2CC3CCC2C3)cc1. The molecule has 0 amide bonds. The largest absolute Gasteiger partial charge is 0.310 e. The molecule has 0 radical (unpaired) electrons. The highest BCUT2D eigenvalue weighted by Gasteiger charge is 2.43. The average Bonchev–Trinajstić information content (AvgIpc) is 3.09. The summed E-state index contributed by atoms with van der Waals surface area (Å²) in [5.74, 6) is 2.90. The monoisotopic (exact) mass is 271 g/mol. The fourth-order valence-electron chi connectivity index (χ4n) is 4.62. The molecule has 2 aliphatic rings. The highest BCUT2D eigenvalue weighted by Crippen LogP contribution is 2.52. The number of fused-ring (bicyclic) bond motifs is 2. The van der Waals surface area contributed by atoms with Crippen molar-refractivity contribution in [1.29, 1.82) is 0 Å². The van der Waals surface area contributed by atoms with E-state index >= 15 is 0 Å². The van der Waals surface area contributed by atoms with Crippen LogP contribution < -0.4 is 5.32 Å². The van der Waals surface area contributed by atoms with E-state index in [4.69, 9.17) is 0 Å². The second-order valence-electron chi connectivity index (χ2n) is 6.87. The molecule has 0 aromatic heterocycles. The van der Waals surface area contributed by atoms with Crippen LogP contribution in [-0.4, -0.2) is 6.54 Å². The summed E-state index contributed by atoms with van der Waals surface area (Å²) in [7, 11) is 0. The average molecular weight is 271 g/mol. The zero-order valence-electron chi connectivity index (χ0n) is 13.1. The van der Waals surface area contributed by atoms with Crippen molar-refractivity contribution in [3.05, 3.63) is 35.4 Å². The molecule has 0 saturated heterocycles. The predicted octanol–water partition coefficient (Wildman–Crippen LogP) is 4.73. The summed E-state index contributed by atoms with van der Waals surface area (Å²) in [6.45, 7) is 5.57. The second-order valence-corrected chi connectivity index (χ2v) is 6.87. The highest BCUT2D eigenvalue weighted by molar-refractivity contribution is 5.26. The van der Waals surface area contributed by atoms with Gasteiger partial charge in [0.2, 0.25) is 0 Å². The van der Waals surface area contributed by atoms with Crippen LogP contribution in [0.4, 0.5) is 0 Å². The van der Waals surface area contributed by atoms with E-state index in [1.165, 1.54) is 49.7 Å². The van der Waals surface area contributed by atoms with Gasteiger partial charge in [-0.15, -0.1) is 0 Å². The van der Waals surface area contributed by atoms with E-state index in [-0.39, 0.29) is 0 Å². The van der Waals surface area contributed by atoms with E-state index in [1.807, 2.05) is 0 Å². The summed E-state index contributed by atoms with van der Waals surface area (Å²) >= 11 is 0. The third-order valence-electron chi connectivity index (χ3n) is 5.52. The van der Waals surface area contributed by atoms with E-state index in [9.17, 15) is 0 Å². The zero-order valence-corrected chi connectivity index (χ0v) is 13.1. The van der Waals surface area contributed by atoms with Gasteiger partial charge in [-0.25, -0.2) is 0 Å². The summed E-state index contributed by atoms with van der Waals surface area (Å²) in [6, 6.07) is 10.0. The Morgan fingerprint density at radius 3 is 2.45 bits per heavy atom. The van der Waals surface area contributed by atoms with Gasteiger partial charge in [-0.3, -0.25) is 0 Å². The van der Waals surface area contributed by atoms with Crippen LogP contribution in [0.5, 0.6) is 0 Å². The van der Waals surface area contributed by atoms with Crippen LogP contribution in [0.25, 0.3) is 0 Å². The van der Waals surface area contributed by atoms with Crippen molar-refractivity contribution < 1.29 is 0 Å². The van der Waals surface area contributed by atoms with Gasteiger partial charge in [0.25, 0.3) is 0 Å². The van der Waals surface area contributed by atoms with Gasteiger partial charge in [0.1, 0.15) is 0 Å². The van der Waals surface area contributed by atoms with Gasteiger partial charge >= 0.3 is 0 Å². The maximum atomic E-state index is 3.78. The lowest BCUT2D eigenvalue weighted by molar-refractivity contribution is 0.253.